The lowest BCUT2D eigenvalue weighted by Crippen LogP contribution is -2.27. The Morgan fingerprint density at radius 1 is 0.850 bits per heavy atom. The number of rotatable bonds is 3. The number of aromatic nitrogens is 5. The van der Waals surface area contributed by atoms with Crippen molar-refractivity contribution in [2.75, 3.05) is 0 Å². The molecule has 106 valence electrons. The van der Waals surface area contributed by atoms with Crippen molar-refractivity contribution in [3.05, 3.63) is 42.3 Å². The van der Waals surface area contributed by atoms with Gasteiger partial charge in [-0.15, -0.1) is 0 Å². The minimum absolute atomic E-state index is 0.00649. The van der Waals surface area contributed by atoms with E-state index in [9.17, 15) is 0 Å². The van der Waals surface area contributed by atoms with Gasteiger partial charge in [0.15, 0.2) is 0 Å². The minimum atomic E-state index is -0.187. The summed E-state index contributed by atoms with van der Waals surface area (Å²) in [7, 11) is 0. The van der Waals surface area contributed by atoms with E-state index in [0.717, 1.165) is 23.5 Å². The van der Waals surface area contributed by atoms with Crippen molar-refractivity contribution in [2.45, 2.75) is 51.9 Å². The molecular formula is C15H21N5. The Morgan fingerprint density at radius 2 is 1.45 bits per heavy atom. The molecular weight excluding hydrogens is 250 g/mol. The summed E-state index contributed by atoms with van der Waals surface area (Å²) in [6, 6.07) is 0. The summed E-state index contributed by atoms with van der Waals surface area (Å²) in [5.41, 5.74) is 2.03. The molecule has 0 fully saturated rings. The zero-order valence-electron chi connectivity index (χ0n) is 12.8. The van der Waals surface area contributed by atoms with Crippen molar-refractivity contribution < 1.29 is 0 Å². The standard InChI is InChI=1S/C15H21N5/c1-14(2,3)12-11(7-16-8-18-12)6-15(4,5)13-19-9-17-10-20-13/h7-10H,6H2,1-5H3. The first-order valence-electron chi connectivity index (χ1n) is 6.72. The topological polar surface area (TPSA) is 64.5 Å². The van der Waals surface area contributed by atoms with Crippen molar-refractivity contribution in [3.63, 3.8) is 0 Å². The quantitative estimate of drug-likeness (QED) is 0.858. The summed E-state index contributed by atoms with van der Waals surface area (Å²) in [6.07, 6.45) is 7.38. The smallest absolute Gasteiger partial charge is 0.137 e. The van der Waals surface area contributed by atoms with E-state index in [4.69, 9.17) is 0 Å². The van der Waals surface area contributed by atoms with E-state index in [2.05, 4.69) is 59.5 Å². The molecule has 2 aromatic heterocycles. The first-order valence-corrected chi connectivity index (χ1v) is 6.72. The third kappa shape index (κ3) is 3.15. The molecule has 5 nitrogen and oxygen atoms in total. The molecule has 2 aromatic rings. The zero-order chi connectivity index (χ0) is 14.8. The van der Waals surface area contributed by atoms with Crippen molar-refractivity contribution in [1.29, 1.82) is 0 Å². The first-order chi connectivity index (χ1) is 9.31. The summed E-state index contributed by atoms with van der Waals surface area (Å²) in [4.78, 5) is 21.1. The molecule has 0 saturated heterocycles. The summed E-state index contributed by atoms with van der Waals surface area (Å²) >= 11 is 0. The zero-order valence-corrected chi connectivity index (χ0v) is 12.8. The lowest BCUT2D eigenvalue weighted by Gasteiger charge is -2.26. The van der Waals surface area contributed by atoms with E-state index in [1.54, 1.807) is 6.33 Å². The Labute approximate surface area is 120 Å². The third-order valence-corrected chi connectivity index (χ3v) is 3.23. The fourth-order valence-electron chi connectivity index (χ4n) is 2.31. The first kappa shape index (κ1) is 14.5. The van der Waals surface area contributed by atoms with Gasteiger partial charge < -0.3 is 0 Å². The summed E-state index contributed by atoms with van der Waals surface area (Å²) < 4.78 is 0. The van der Waals surface area contributed by atoms with Gasteiger partial charge in [-0.1, -0.05) is 34.6 Å². The van der Waals surface area contributed by atoms with Crippen LogP contribution < -0.4 is 0 Å². The second-order valence-corrected chi connectivity index (χ2v) is 6.67. The van der Waals surface area contributed by atoms with E-state index in [-0.39, 0.29) is 10.8 Å². The highest BCUT2D eigenvalue weighted by molar-refractivity contribution is 5.26. The molecule has 0 saturated carbocycles. The lowest BCUT2D eigenvalue weighted by molar-refractivity contribution is 0.469. The predicted octanol–water partition coefficient (Wildman–Crippen LogP) is 2.48. The van der Waals surface area contributed by atoms with Gasteiger partial charge in [0.1, 0.15) is 24.8 Å². The van der Waals surface area contributed by atoms with Crippen LogP contribution in [-0.2, 0) is 17.3 Å². The van der Waals surface area contributed by atoms with Crippen LogP contribution in [0.4, 0.5) is 0 Å². The van der Waals surface area contributed by atoms with Crippen molar-refractivity contribution in [3.8, 4) is 0 Å². The van der Waals surface area contributed by atoms with Crippen LogP contribution in [0.25, 0.3) is 0 Å². The van der Waals surface area contributed by atoms with Gasteiger partial charge in [-0.2, -0.15) is 0 Å². The molecule has 20 heavy (non-hydrogen) atoms. The number of hydrogen-bond donors (Lipinski definition) is 0. The molecule has 5 heteroatoms. The van der Waals surface area contributed by atoms with Gasteiger partial charge in [0.25, 0.3) is 0 Å². The van der Waals surface area contributed by atoms with Gasteiger partial charge in [-0.05, 0) is 12.0 Å². The molecule has 0 unspecified atom stereocenters. The van der Waals surface area contributed by atoms with Crippen molar-refractivity contribution >= 4 is 0 Å². The Balaban J connectivity index is 2.35. The average molecular weight is 271 g/mol. The predicted molar refractivity (Wildman–Crippen MR) is 77.3 cm³/mol. The molecule has 0 radical (unpaired) electrons. The maximum absolute atomic E-state index is 4.46. The summed E-state index contributed by atoms with van der Waals surface area (Å²) in [5.74, 6) is 0.788. The van der Waals surface area contributed by atoms with Crippen molar-refractivity contribution in [1.82, 2.24) is 24.9 Å². The van der Waals surface area contributed by atoms with Crippen LogP contribution in [0.5, 0.6) is 0 Å². The molecule has 0 atom stereocenters. The molecule has 2 heterocycles. The molecule has 0 aliphatic carbocycles. The van der Waals surface area contributed by atoms with E-state index in [1.165, 1.54) is 12.7 Å². The van der Waals surface area contributed by atoms with Gasteiger partial charge in [0, 0.05) is 17.0 Å². The molecule has 0 aromatic carbocycles. The van der Waals surface area contributed by atoms with Crippen molar-refractivity contribution in [2.24, 2.45) is 0 Å². The third-order valence-electron chi connectivity index (χ3n) is 3.23. The van der Waals surface area contributed by atoms with Gasteiger partial charge in [-0.25, -0.2) is 24.9 Å². The van der Waals surface area contributed by atoms with Crippen LogP contribution in [0.3, 0.4) is 0 Å². The average Bonchev–Trinajstić information content (AvgIpc) is 2.39. The van der Waals surface area contributed by atoms with Crippen LogP contribution in [0.15, 0.2) is 25.2 Å². The molecule has 0 bridgehead atoms. The maximum atomic E-state index is 4.46. The Morgan fingerprint density at radius 3 is 2.05 bits per heavy atom. The normalized spacial score (nSPS) is 12.4. The van der Waals surface area contributed by atoms with Gasteiger partial charge in [-0.3, -0.25) is 0 Å². The highest BCUT2D eigenvalue weighted by Crippen LogP contribution is 2.29. The van der Waals surface area contributed by atoms with Gasteiger partial charge >= 0.3 is 0 Å². The monoisotopic (exact) mass is 271 g/mol. The molecule has 2 rings (SSSR count). The Bertz CT molecular complexity index is 572. The second-order valence-electron chi connectivity index (χ2n) is 6.67. The van der Waals surface area contributed by atoms with Crippen LogP contribution in [-0.4, -0.2) is 24.9 Å². The lowest BCUT2D eigenvalue weighted by atomic mass is 9.80. The van der Waals surface area contributed by atoms with E-state index in [1.807, 2.05) is 6.20 Å². The highest BCUT2D eigenvalue weighted by atomic mass is 15.0. The molecule has 0 spiro atoms. The number of nitrogens with zero attached hydrogens (tertiary/aromatic N) is 5. The van der Waals surface area contributed by atoms with Gasteiger partial charge in [0.05, 0.1) is 5.69 Å². The summed E-state index contributed by atoms with van der Waals surface area (Å²) in [6.45, 7) is 10.7. The Kier molecular flexibility index (Phi) is 3.79. The van der Waals surface area contributed by atoms with E-state index in [0.29, 0.717) is 0 Å². The molecule has 0 aliphatic rings. The molecule has 0 N–H and O–H groups in total. The van der Waals surface area contributed by atoms with Crippen LogP contribution >= 0.6 is 0 Å². The summed E-state index contributed by atoms with van der Waals surface area (Å²) in [5, 5.41) is 0. The van der Waals surface area contributed by atoms with Crippen LogP contribution in [0.1, 0.15) is 51.7 Å². The number of hydrogen-bond acceptors (Lipinski definition) is 5. The fraction of sp³-hybridized carbons (Fsp3) is 0.533. The Hall–Kier alpha value is -1.91. The second kappa shape index (κ2) is 5.23. The highest BCUT2D eigenvalue weighted by Gasteiger charge is 2.28. The van der Waals surface area contributed by atoms with Crippen LogP contribution in [0, 0.1) is 0 Å². The molecule has 0 amide bonds. The largest absolute Gasteiger partial charge is 0.245 e. The molecule has 0 aliphatic heterocycles. The van der Waals surface area contributed by atoms with Gasteiger partial charge in [0.2, 0.25) is 0 Å². The van der Waals surface area contributed by atoms with E-state index < -0.39 is 0 Å². The van der Waals surface area contributed by atoms with Crippen LogP contribution in [0.2, 0.25) is 0 Å². The van der Waals surface area contributed by atoms with E-state index >= 15 is 0 Å². The maximum Gasteiger partial charge on any atom is 0.137 e. The minimum Gasteiger partial charge on any atom is -0.245 e. The fourth-order valence-corrected chi connectivity index (χ4v) is 2.31. The SMILES string of the molecule is CC(C)(C)c1ncncc1CC(C)(C)c1ncncn1.